The van der Waals surface area contributed by atoms with Crippen molar-refractivity contribution in [2.75, 3.05) is 12.3 Å². The van der Waals surface area contributed by atoms with E-state index in [9.17, 15) is 24.6 Å². The lowest BCUT2D eigenvalue weighted by Gasteiger charge is -2.50. The SMILES string of the molecule is Nc1nc(/C(=N\OC(c2ccccc2)(c2ccccc2)c2ccccc2)C(=O)NC2C(=O)N3C(C(=O)O)=C(CO)CCC23)ns1. The van der Waals surface area contributed by atoms with E-state index < -0.39 is 42.1 Å². The van der Waals surface area contributed by atoms with E-state index in [1.807, 2.05) is 91.0 Å². The number of rotatable bonds is 10. The number of oxime groups is 1. The van der Waals surface area contributed by atoms with E-state index in [2.05, 4.69) is 19.8 Å². The summed E-state index contributed by atoms with van der Waals surface area (Å²) >= 11 is 0.866. The van der Waals surface area contributed by atoms with Crippen LogP contribution >= 0.6 is 11.5 Å². The molecular formula is C32H28N6O6S. The number of amides is 2. The van der Waals surface area contributed by atoms with Crippen LogP contribution in [0.5, 0.6) is 0 Å². The highest BCUT2D eigenvalue weighted by molar-refractivity contribution is 7.09. The topological polar surface area (TPSA) is 180 Å². The van der Waals surface area contributed by atoms with E-state index in [1.54, 1.807) is 0 Å². The third kappa shape index (κ3) is 5.32. The molecule has 3 aromatic carbocycles. The van der Waals surface area contributed by atoms with Crippen molar-refractivity contribution in [2.45, 2.75) is 30.5 Å². The number of aliphatic carboxylic acids is 1. The average molecular weight is 625 g/mol. The Balaban J connectivity index is 1.40. The number of nitrogen functional groups attached to an aromatic ring is 1. The van der Waals surface area contributed by atoms with Gasteiger partial charge in [-0.1, -0.05) is 96.2 Å². The van der Waals surface area contributed by atoms with Crippen LogP contribution in [-0.2, 0) is 24.8 Å². The molecule has 45 heavy (non-hydrogen) atoms. The summed E-state index contributed by atoms with van der Waals surface area (Å²) in [5.41, 5.74) is 6.43. The third-order valence-corrected chi connectivity index (χ3v) is 8.44. The molecule has 2 aliphatic rings. The molecule has 0 bridgehead atoms. The standard InChI is InChI=1S/C32H28N6O6S/c33-31-35-27(37-45-31)25(28(40)34-24-23-17-16-19(18-39)26(30(42)43)38(23)29(24)41)36-44-32(20-10-4-1-5-11-20,21-12-6-2-7-13-21)22-14-8-3-9-15-22/h1-15,23-24,39H,16-18H2,(H,34,40)(H,42,43)(H2,33,35,37)/b36-25+. The maximum atomic E-state index is 13.9. The number of hydrogen-bond acceptors (Lipinski definition) is 10. The zero-order valence-electron chi connectivity index (χ0n) is 23.7. The van der Waals surface area contributed by atoms with Crippen molar-refractivity contribution in [1.82, 2.24) is 19.6 Å². The number of aliphatic hydroxyl groups is 1. The number of carbonyl (C=O) groups excluding carboxylic acids is 2. The van der Waals surface area contributed by atoms with Crippen LogP contribution in [0, 0.1) is 0 Å². The fourth-order valence-corrected chi connectivity index (χ4v) is 6.24. The van der Waals surface area contributed by atoms with Gasteiger partial charge in [-0.3, -0.25) is 14.5 Å². The summed E-state index contributed by atoms with van der Waals surface area (Å²) < 4.78 is 4.19. The number of hydrogen-bond donors (Lipinski definition) is 4. The molecule has 1 aromatic heterocycles. The Morgan fingerprint density at radius 3 is 2.02 bits per heavy atom. The molecule has 5 N–H and O–H groups in total. The molecule has 1 saturated heterocycles. The van der Waals surface area contributed by atoms with Gasteiger partial charge in [-0.25, -0.2) is 4.79 Å². The monoisotopic (exact) mass is 624 g/mol. The Kier molecular flexibility index (Phi) is 8.11. The van der Waals surface area contributed by atoms with Gasteiger partial charge in [0.2, 0.25) is 17.1 Å². The van der Waals surface area contributed by atoms with Gasteiger partial charge in [0.15, 0.2) is 5.13 Å². The Labute approximate surface area is 261 Å². The van der Waals surface area contributed by atoms with E-state index in [-0.39, 0.29) is 34.4 Å². The minimum absolute atomic E-state index is 0.0943. The number of aliphatic hydroxyl groups excluding tert-OH is 1. The van der Waals surface area contributed by atoms with Gasteiger partial charge in [-0.15, -0.1) is 0 Å². The van der Waals surface area contributed by atoms with Gasteiger partial charge in [0.25, 0.3) is 11.8 Å². The Bertz CT molecular complexity index is 1700. The lowest BCUT2D eigenvalue weighted by atomic mass is 9.80. The van der Waals surface area contributed by atoms with Crippen LogP contribution in [0.25, 0.3) is 0 Å². The summed E-state index contributed by atoms with van der Waals surface area (Å²) in [5, 5.41) is 26.5. The first-order valence-corrected chi connectivity index (χ1v) is 14.8. The Morgan fingerprint density at radius 2 is 1.56 bits per heavy atom. The van der Waals surface area contributed by atoms with Crippen LogP contribution in [0.2, 0.25) is 0 Å². The van der Waals surface area contributed by atoms with Gasteiger partial charge >= 0.3 is 5.97 Å². The molecule has 2 atom stereocenters. The fourth-order valence-electron chi connectivity index (χ4n) is 5.81. The maximum Gasteiger partial charge on any atom is 0.352 e. The molecule has 0 aliphatic carbocycles. The first kappa shape index (κ1) is 29.7. The lowest BCUT2D eigenvalue weighted by molar-refractivity contribution is -0.155. The second-order valence-electron chi connectivity index (χ2n) is 10.4. The maximum absolute atomic E-state index is 13.9. The molecule has 1 fully saturated rings. The number of carboxylic acid groups (broad SMARTS) is 1. The summed E-state index contributed by atoms with van der Waals surface area (Å²) in [6.45, 7) is -0.480. The number of benzene rings is 3. The normalized spacial score (nSPS) is 18.2. The Morgan fingerprint density at radius 1 is 1.00 bits per heavy atom. The van der Waals surface area contributed by atoms with Crippen molar-refractivity contribution < 1.29 is 29.4 Å². The van der Waals surface area contributed by atoms with Crippen LogP contribution in [0.3, 0.4) is 0 Å². The zero-order chi connectivity index (χ0) is 31.6. The van der Waals surface area contributed by atoms with Crippen molar-refractivity contribution in [3.63, 3.8) is 0 Å². The van der Waals surface area contributed by atoms with Gasteiger partial charge in [-0.05, 0) is 18.4 Å². The molecule has 2 amide bonds. The zero-order valence-corrected chi connectivity index (χ0v) is 24.6. The molecule has 2 aliphatic heterocycles. The number of carboxylic acids is 1. The van der Waals surface area contributed by atoms with Gasteiger partial charge in [0.05, 0.1) is 12.6 Å². The van der Waals surface area contributed by atoms with Crippen LogP contribution in [0.15, 0.2) is 107 Å². The molecule has 6 rings (SSSR count). The minimum Gasteiger partial charge on any atom is -0.477 e. The molecular weight excluding hydrogens is 596 g/mol. The van der Waals surface area contributed by atoms with E-state index in [0.29, 0.717) is 6.42 Å². The van der Waals surface area contributed by atoms with Crippen molar-refractivity contribution in [1.29, 1.82) is 0 Å². The van der Waals surface area contributed by atoms with Gasteiger partial charge in [0, 0.05) is 28.2 Å². The van der Waals surface area contributed by atoms with E-state index in [4.69, 9.17) is 10.6 Å². The van der Waals surface area contributed by atoms with E-state index in [0.717, 1.165) is 33.1 Å². The van der Waals surface area contributed by atoms with E-state index >= 15 is 0 Å². The molecule has 0 radical (unpaired) electrons. The summed E-state index contributed by atoms with van der Waals surface area (Å²) in [5.74, 6) is -2.84. The van der Waals surface area contributed by atoms with Crippen LogP contribution in [-0.4, -0.2) is 66.7 Å². The number of nitrogens with two attached hydrogens (primary N) is 1. The number of aromatic nitrogens is 2. The molecule has 0 spiro atoms. The smallest absolute Gasteiger partial charge is 0.352 e. The first-order chi connectivity index (χ1) is 21.8. The minimum atomic E-state index is -1.32. The van der Waals surface area contributed by atoms with Crippen molar-refractivity contribution in [3.8, 4) is 0 Å². The molecule has 12 nitrogen and oxygen atoms in total. The van der Waals surface area contributed by atoms with Crippen LogP contribution < -0.4 is 11.1 Å². The van der Waals surface area contributed by atoms with Gasteiger partial charge < -0.3 is 26.1 Å². The van der Waals surface area contributed by atoms with Crippen molar-refractivity contribution in [2.24, 2.45) is 5.16 Å². The number of carbonyl (C=O) groups is 3. The number of fused-ring (bicyclic) bond motifs is 1. The first-order valence-electron chi connectivity index (χ1n) is 14.1. The van der Waals surface area contributed by atoms with Gasteiger partial charge in [0.1, 0.15) is 11.7 Å². The van der Waals surface area contributed by atoms with Crippen molar-refractivity contribution in [3.05, 3.63) is 125 Å². The molecule has 2 unspecified atom stereocenters. The highest BCUT2D eigenvalue weighted by Crippen LogP contribution is 2.41. The second kappa shape index (κ2) is 12.3. The highest BCUT2D eigenvalue weighted by atomic mass is 32.1. The molecule has 228 valence electrons. The summed E-state index contributed by atoms with van der Waals surface area (Å²) in [7, 11) is 0. The molecule has 13 heteroatoms. The summed E-state index contributed by atoms with van der Waals surface area (Å²) in [6, 6.07) is 26.6. The lowest BCUT2D eigenvalue weighted by Crippen LogP contribution is -2.72. The fraction of sp³-hybridized carbons (Fsp3) is 0.188. The number of anilines is 1. The average Bonchev–Trinajstić information content (AvgIpc) is 3.51. The predicted molar refractivity (Wildman–Crippen MR) is 165 cm³/mol. The molecule has 4 aromatic rings. The molecule has 0 saturated carbocycles. The number of nitrogens with one attached hydrogen (secondary N) is 1. The quantitative estimate of drug-likeness (QED) is 0.0893. The van der Waals surface area contributed by atoms with Crippen molar-refractivity contribution >= 4 is 40.2 Å². The summed E-state index contributed by atoms with van der Waals surface area (Å²) in [4.78, 5) is 50.7. The van der Waals surface area contributed by atoms with E-state index in [1.165, 1.54) is 0 Å². The number of β-lactam (4-membered cyclic amide) rings is 1. The Hall–Kier alpha value is -5.40. The van der Waals surface area contributed by atoms with Crippen LogP contribution in [0.1, 0.15) is 35.4 Å². The summed E-state index contributed by atoms with van der Waals surface area (Å²) in [6.07, 6.45) is 0.619. The third-order valence-electron chi connectivity index (χ3n) is 7.90. The highest BCUT2D eigenvalue weighted by Gasteiger charge is 2.53. The molecule has 3 heterocycles. The predicted octanol–water partition coefficient (Wildman–Crippen LogP) is 2.65. The number of nitrogens with zero attached hydrogens (tertiary/aromatic N) is 4. The van der Waals surface area contributed by atoms with Gasteiger partial charge in [-0.2, -0.15) is 9.36 Å². The van der Waals surface area contributed by atoms with Crippen LogP contribution in [0.4, 0.5) is 5.13 Å². The second-order valence-corrected chi connectivity index (χ2v) is 11.2. The largest absolute Gasteiger partial charge is 0.477 e.